The zero-order valence-corrected chi connectivity index (χ0v) is 10.9. The molecule has 2 rings (SSSR count). The first-order valence-corrected chi connectivity index (χ1v) is 6.57. The zero-order valence-electron chi connectivity index (χ0n) is 10.9. The summed E-state index contributed by atoms with van der Waals surface area (Å²) < 4.78 is 0. The van der Waals surface area contributed by atoms with E-state index in [-0.39, 0.29) is 0 Å². The maximum Gasteiger partial charge on any atom is 0.0293 e. The molecule has 3 nitrogen and oxygen atoms in total. The summed E-state index contributed by atoms with van der Waals surface area (Å²) in [5.74, 6) is 0.804. The highest BCUT2D eigenvalue weighted by Gasteiger charge is 2.17. The van der Waals surface area contributed by atoms with Crippen molar-refractivity contribution in [2.24, 2.45) is 5.92 Å². The quantitative estimate of drug-likeness (QED) is 0.863. The SMILES string of the molecule is C[C@H](NCC1CCCN(C)C1)c1ccncc1. The van der Waals surface area contributed by atoms with Crippen LogP contribution in [-0.4, -0.2) is 36.6 Å². The summed E-state index contributed by atoms with van der Waals surface area (Å²) in [6.07, 6.45) is 6.43. The van der Waals surface area contributed by atoms with E-state index in [1.165, 1.54) is 31.5 Å². The van der Waals surface area contributed by atoms with Crippen molar-refractivity contribution in [3.63, 3.8) is 0 Å². The van der Waals surface area contributed by atoms with E-state index < -0.39 is 0 Å². The third-order valence-corrected chi connectivity index (χ3v) is 3.64. The van der Waals surface area contributed by atoms with Crippen molar-refractivity contribution >= 4 is 0 Å². The van der Waals surface area contributed by atoms with Gasteiger partial charge in [-0.25, -0.2) is 0 Å². The molecule has 17 heavy (non-hydrogen) atoms. The molecule has 1 fully saturated rings. The van der Waals surface area contributed by atoms with Gasteiger partial charge in [-0.15, -0.1) is 0 Å². The summed E-state index contributed by atoms with van der Waals surface area (Å²) in [5.41, 5.74) is 1.32. The molecule has 1 aromatic rings. The molecule has 0 bridgehead atoms. The van der Waals surface area contributed by atoms with Gasteiger partial charge in [0.2, 0.25) is 0 Å². The van der Waals surface area contributed by atoms with Gasteiger partial charge in [0.15, 0.2) is 0 Å². The molecule has 0 aliphatic carbocycles. The zero-order chi connectivity index (χ0) is 12.1. The molecule has 1 N–H and O–H groups in total. The Morgan fingerprint density at radius 2 is 2.24 bits per heavy atom. The summed E-state index contributed by atoms with van der Waals surface area (Å²) in [4.78, 5) is 6.49. The minimum absolute atomic E-state index is 0.422. The summed E-state index contributed by atoms with van der Waals surface area (Å²) in [6.45, 7) is 5.84. The Hall–Kier alpha value is -0.930. The van der Waals surface area contributed by atoms with Gasteiger partial charge >= 0.3 is 0 Å². The van der Waals surface area contributed by atoms with E-state index in [1.54, 1.807) is 0 Å². The summed E-state index contributed by atoms with van der Waals surface area (Å²) in [5, 5.41) is 3.63. The Morgan fingerprint density at radius 1 is 1.47 bits per heavy atom. The molecule has 0 amide bonds. The predicted molar refractivity (Wildman–Crippen MR) is 70.9 cm³/mol. The number of piperidine rings is 1. The Kier molecular flexibility index (Phi) is 4.51. The van der Waals surface area contributed by atoms with Crippen molar-refractivity contribution in [2.45, 2.75) is 25.8 Å². The monoisotopic (exact) mass is 233 g/mol. The van der Waals surface area contributed by atoms with Crippen LogP contribution >= 0.6 is 0 Å². The van der Waals surface area contributed by atoms with Crippen molar-refractivity contribution in [3.8, 4) is 0 Å². The number of aromatic nitrogens is 1. The summed E-state index contributed by atoms with van der Waals surface area (Å²) >= 11 is 0. The van der Waals surface area contributed by atoms with Gasteiger partial charge in [-0.2, -0.15) is 0 Å². The fourth-order valence-electron chi connectivity index (χ4n) is 2.55. The lowest BCUT2D eigenvalue weighted by molar-refractivity contribution is 0.203. The van der Waals surface area contributed by atoms with Crippen LogP contribution in [0.2, 0.25) is 0 Å². The molecule has 1 aliphatic heterocycles. The third kappa shape index (κ3) is 3.79. The number of rotatable bonds is 4. The highest BCUT2D eigenvalue weighted by atomic mass is 15.1. The van der Waals surface area contributed by atoms with Crippen LogP contribution in [0.15, 0.2) is 24.5 Å². The van der Waals surface area contributed by atoms with Crippen molar-refractivity contribution < 1.29 is 0 Å². The van der Waals surface area contributed by atoms with E-state index >= 15 is 0 Å². The number of pyridine rings is 1. The first-order chi connectivity index (χ1) is 8.25. The van der Waals surface area contributed by atoms with E-state index in [9.17, 15) is 0 Å². The van der Waals surface area contributed by atoms with Crippen LogP contribution in [0.5, 0.6) is 0 Å². The molecule has 3 heteroatoms. The molecule has 2 heterocycles. The van der Waals surface area contributed by atoms with E-state index in [4.69, 9.17) is 0 Å². The van der Waals surface area contributed by atoms with Gasteiger partial charge in [-0.3, -0.25) is 4.98 Å². The summed E-state index contributed by atoms with van der Waals surface area (Å²) in [7, 11) is 2.22. The molecular weight excluding hydrogens is 210 g/mol. The topological polar surface area (TPSA) is 28.2 Å². The summed E-state index contributed by atoms with van der Waals surface area (Å²) in [6, 6.07) is 4.60. The van der Waals surface area contributed by atoms with Gasteiger partial charge in [0.25, 0.3) is 0 Å². The minimum Gasteiger partial charge on any atom is -0.310 e. The second-order valence-electron chi connectivity index (χ2n) is 5.18. The molecule has 1 unspecified atom stereocenters. The second kappa shape index (κ2) is 6.12. The lowest BCUT2D eigenvalue weighted by atomic mass is 9.98. The van der Waals surface area contributed by atoms with Crippen LogP contribution in [-0.2, 0) is 0 Å². The predicted octanol–water partition coefficient (Wildman–Crippen LogP) is 2.07. The number of nitrogens with one attached hydrogen (secondary N) is 1. The maximum absolute atomic E-state index is 4.05. The standard InChI is InChI=1S/C14H23N3/c1-12(14-5-7-15-8-6-14)16-10-13-4-3-9-17(2)11-13/h5-8,12-13,16H,3-4,9-11H2,1-2H3/t12-,13?/m0/s1. The second-order valence-corrected chi connectivity index (χ2v) is 5.18. The molecule has 94 valence electrons. The van der Waals surface area contributed by atoms with Crippen molar-refractivity contribution in [2.75, 3.05) is 26.7 Å². The molecule has 0 radical (unpaired) electrons. The Morgan fingerprint density at radius 3 is 2.94 bits per heavy atom. The molecule has 0 saturated carbocycles. The van der Waals surface area contributed by atoms with E-state index in [0.29, 0.717) is 6.04 Å². The molecule has 1 aliphatic rings. The highest BCUT2D eigenvalue weighted by Crippen LogP contribution is 2.16. The van der Waals surface area contributed by atoms with Gasteiger partial charge in [0, 0.05) is 25.0 Å². The minimum atomic E-state index is 0.422. The first-order valence-electron chi connectivity index (χ1n) is 6.57. The number of likely N-dealkylation sites (tertiary alicyclic amines) is 1. The van der Waals surface area contributed by atoms with Gasteiger partial charge < -0.3 is 10.2 Å². The lowest BCUT2D eigenvalue weighted by Gasteiger charge is -2.30. The van der Waals surface area contributed by atoms with Crippen LogP contribution in [0.25, 0.3) is 0 Å². The fourth-order valence-corrected chi connectivity index (χ4v) is 2.55. The van der Waals surface area contributed by atoms with Crippen LogP contribution in [0.3, 0.4) is 0 Å². The number of hydrogen-bond donors (Lipinski definition) is 1. The maximum atomic E-state index is 4.05. The smallest absolute Gasteiger partial charge is 0.0293 e. The number of hydrogen-bond acceptors (Lipinski definition) is 3. The Labute approximate surface area is 104 Å². The molecule has 0 aromatic carbocycles. The van der Waals surface area contributed by atoms with Crippen LogP contribution in [0.4, 0.5) is 0 Å². The Bertz CT molecular complexity index is 325. The lowest BCUT2D eigenvalue weighted by Crippen LogP contribution is -2.37. The largest absolute Gasteiger partial charge is 0.310 e. The van der Waals surface area contributed by atoms with Gasteiger partial charge in [0.05, 0.1) is 0 Å². The van der Waals surface area contributed by atoms with Gasteiger partial charge in [-0.1, -0.05) is 0 Å². The van der Waals surface area contributed by atoms with E-state index in [2.05, 4.69) is 41.3 Å². The average Bonchev–Trinajstić information content (AvgIpc) is 2.37. The molecule has 0 spiro atoms. The molecule has 1 saturated heterocycles. The van der Waals surface area contributed by atoms with Crippen molar-refractivity contribution in [1.82, 2.24) is 15.2 Å². The number of nitrogens with zero attached hydrogens (tertiary/aromatic N) is 2. The van der Waals surface area contributed by atoms with Crippen LogP contribution in [0, 0.1) is 5.92 Å². The van der Waals surface area contributed by atoms with Crippen molar-refractivity contribution in [3.05, 3.63) is 30.1 Å². The molecular formula is C14H23N3. The average molecular weight is 233 g/mol. The Balaban J connectivity index is 1.78. The van der Waals surface area contributed by atoms with E-state index in [1.807, 2.05) is 12.4 Å². The van der Waals surface area contributed by atoms with Crippen LogP contribution < -0.4 is 5.32 Å². The molecule has 1 aromatic heterocycles. The van der Waals surface area contributed by atoms with E-state index in [0.717, 1.165) is 12.5 Å². The first kappa shape index (κ1) is 12.5. The van der Waals surface area contributed by atoms with Crippen LogP contribution in [0.1, 0.15) is 31.4 Å². The molecule has 2 atom stereocenters. The van der Waals surface area contributed by atoms with Gasteiger partial charge in [-0.05, 0) is 63.5 Å². The third-order valence-electron chi connectivity index (χ3n) is 3.64. The fraction of sp³-hybridized carbons (Fsp3) is 0.643. The van der Waals surface area contributed by atoms with Gasteiger partial charge in [0.1, 0.15) is 0 Å². The van der Waals surface area contributed by atoms with Crippen molar-refractivity contribution in [1.29, 1.82) is 0 Å². The highest BCUT2D eigenvalue weighted by molar-refractivity contribution is 5.13. The normalized spacial score (nSPS) is 23.5.